The molecule has 8 heteroatoms. The Balaban J connectivity index is 1.83. The summed E-state index contributed by atoms with van der Waals surface area (Å²) in [5, 5.41) is 8.89. The highest BCUT2D eigenvalue weighted by atomic mass is 32.2. The lowest BCUT2D eigenvalue weighted by molar-refractivity contribution is 0.374. The number of thiophene rings is 1. The molecule has 1 saturated carbocycles. The molecular formula is C13H21N3O2S3. The van der Waals surface area contributed by atoms with Gasteiger partial charge in [-0.05, 0) is 49.7 Å². The molecule has 0 radical (unpaired) electrons. The van der Waals surface area contributed by atoms with Gasteiger partial charge in [0.1, 0.15) is 4.21 Å². The van der Waals surface area contributed by atoms with Crippen molar-refractivity contribution < 1.29 is 8.42 Å². The average Bonchev–Trinajstić information content (AvgIpc) is 3.12. The third kappa shape index (κ3) is 3.80. The third-order valence-corrected chi connectivity index (χ3v) is 7.66. The van der Waals surface area contributed by atoms with E-state index < -0.39 is 10.0 Å². The quantitative estimate of drug-likeness (QED) is 0.772. The van der Waals surface area contributed by atoms with Gasteiger partial charge in [-0.3, -0.25) is 0 Å². The smallest absolute Gasteiger partial charge is 0.247 e. The summed E-state index contributed by atoms with van der Waals surface area (Å²) < 4.78 is 25.8. The van der Waals surface area contributed by atoms with E-state index in [1.165, 1.54) is 24.2 Å². The Morgan fingerprint density at radius 2 is 2.24 bits per heavy atom. The molecule has 1 aliphatic carbocycles. The van der Waals surface area contributed by atoms with Gasteiger partial charge in [0.15, 0.2) is 0 Å². The second-order valence-corrected chi connectivity index (χ2v) is 9.73. The van der Waals surface area contributed by atoms with Crippen LogP contribution in [-0.2, 0) is 10.0 Å². The first-order valence-corrected chi connectivity index (χ1v) is 10.4. The number of sulfonamides is 1. The topological polar surface area (TPSA) is 75.4 Å². The summed E-state index contributed by atoms with van der Waals surface area (Å²) in [5.74, 6) is 0.806. The molecule has 3 rings (SSSR count). The van der Waals surface area contributed by atoms with E-state index in [-0.39, 0.29) is 10.3 Å². The molecule has 5 nitrogen and oxygen atoms in total. The predicted molar refractivity (Wildman–Crippen MR) is 86.9 cm³/mol. The minimum absolute atomic E-state index is 0.217. The van der Waals surface area contributed by atoms with Gasteiger partial charge in [-0.15, -0.1) is 11.3 Å². The van der Waals surface area contributed by atoms with E-state index >= 15 is 0 Å². The van der Waals surface area contributed by atoms with E-state index in [9.17, 15) is 8.42 Å². The number of nitrogens with zero attached hydrogens (tertiary/aromatic N) is 1. The van der Waals surface area contributed by atoms with Gasteiger partial charge in [0.05, 0.1) is 6.04 Å². The van der Waals surface area contributed by atoms with Crippen LogP contribution in [0.3, 0.4) is 0 Å². The van der Waals surface area contributed by atoms with Crippen LogP contribution in [0.2, 0.25) is 0 Å². The fraction of sp³-hybridized carbons (Fsp3) is 0.692. The molecule has 21 heavy (non-hydrogen) atoms. The van der Waals surface area contributed by atoms with Crippen molar-refractivity contribution in [3.8, 4) is 0 Å². The molecule has 0 saturated heterocycles. The van der Waals surface area contributed by atoms with Crippen molar-refractivity contribution >= 4 is 33.3 Å². The second-order valence-electron chi connectivity index (χ2n) is 5.72. The van der Waals surface area contributed by atoms with Crippen molar-refractivity contribution in [2.45, 2.75) is 41.3 Å². The van der Waals surface area contributed by atoms with Gasteiger partial charge in [-0.1, -0.05) is 6.92 Å². The molecule has 0 amide bonds. The summed E-state index contributed by atoms with van der Waals surface area (Å²) >= 11 is 2.98. The number of nitrogens with two attached hydrogens (primary N) is 1. The first-order chi connectivity index (χ1) is 9.97. The van der Waals surface area contributed by atoms with Crippen LogP contribution in [0.5, 0.6) is 0 Å². The highest BCUT2D eigenvalue weighted by molar-refractivity contribution is 7.97. The predicted octanol–water partition coefficient (Wildman–Crippen LogP) is 2.17. The molecule has 0 aromatic carbocycles. The summed E-state index contributed by atoms with van der Waals surface area (Å²) in [6, 6.07) is 1.95. The Morgan fingerprint density at radius 1 is 1.48 bits per heavy atom. The van der Waals surface area contributed by atoms with E-state index in [4.69, 9.17) is 5.14 Å². The zero-order chi connectivity index (χ0) is 15.0. The van der Waals surface area contributed by atoms with Gasteiger partial charge in [0.2, 0.25) is 10.0 Å². The van der Waals surface area contributed by atoms with E-state index in [0.717, 1.165) is 41.7 Å². The van der Waals surface area contributed by atoms with Crippen LogP contribution in [-0.4, -0.2) is 32.4 Å². The van der Waals surface area contributed by atoms with Crippen LogP contribution < -0.4 is 10.5 Å². The summed E-state index contributed by atoms with van der Waals surface area (Å²) in [7, 11) is -3.61. The molecule has 0 unspecified atom stereocenters. The van der Waals surface area contributed by atoms with Crippen LogP contribution in [0.1, 0.15) is 37.1 Å². The van der Waals surface area contributed by atoms with Gasteiger partial charge < -0.3 is 5.32 Å². The molecule has 1 aromatic rings. The Kier molecular flexibility index (Phi) is 4.63. The van der Waals surface area contributed by atoms with E-state index in [1.807, 2.05) is 0 Å². The van der Waals surface area contributed by atoms with Crippen molar-refractivity contribution in [1.82, 2.24) is 9.62 Å². The number of hydrogen-bond acceptors (Lipinski definition) is 6. The zero-order valence-corrected chi connectivity index (χ0v) is 14.5. The highest BCUT2D eigenvalue weighted by Gasteiger charge is 2.31. The van der Waals surface area contributed by atoms with Crippen molar-refractivity contribution in [3.05, 3.63) is 10.9 Å². The normalized spacial score (nSPS) is 23.2. The number of hydrogen-bond donors (Lipinski definition) is 2. The summed E-state index contributed by atoms with van der Waals surface area (Å²) in [5.41, 5.74) is 0. The maximum Gasteiger partial charge on any atom is 0.247 e. The molecule has 1 fully saturated rings. The zero-order valence-electron chi connectivity index (χ0n) is 12.0. The largest absolute Gasteiger partial charge is 0.308 e. The van der Waals surface area contributed by atoms with E-state index in [0.29, 0.717) is 0 Å². The molecule has 1 aliphatic heterocycles. The van der Waals surface area contributed by atoms with E-state index in [2.05, 4.69) is 16.5 Å². The van der Waals surface area contributed by atoms with Crippen LogP contribution in [0.15, 0.2) is 15.2 Å². The fourth-order valence-corrected chi connectivity index (χ4v) is 5.89. The SMILES string of the molecule is CCCN1C[C@@H](NCC2CC2)c2sc(S(N)(=O)=O)cc2S1. The molecule has 0 spiro atoms. The lowest BCUT2D eigenvalue weighted by atomic mass is 10.2. The molecule has 118 valence electrons. The van der Waals surface area contributed by atoms with Gasteiger partial charge in [0, 0.05) is 22.9 Å². The van der Waals surface area contributed by atoms with Crippen molar-refractivity contribution in [2.24, 2.45) is 11.1 Å². The number of primary sulfonamides is 1. The standard InChI is InChI=1S/C13H21N3O2S3/c1-2-5-16-8-10(15-7-9-3-4-9)13-11(20-16)6-12(19-13)21(14,17)18/h6,9-10,15H,2-5,7-8H2,1H3,(H2,14,17,18)/t10-/m1/s1. The molecule has 3 N–H and O–H groups in total. The maximum atomic E-state index is 11.6. The monoisotopic (exact) mass is 347 g/mol. The summed E-state index contributed by atoms with van der Waals surface area (Å²) in [6.45, 7) is 5.11. The third-order valence-electron chi connectivity index (χ3n) is 3.74. The lowest BCUT2D eigenvalue weighted by Gasteiger charge is -2.31. The van der Waals surface area contributed by atoms with Gasteiger partial charge in [0.25, 0.3) is 0 Å². The fourth-order valence-electron chi connectivity index (χ4n) is 2.46. The maximum absolute atomic E-state index is 11.6. The van der Waals surface area contributed by atoms with Gasteiger partial charge in [-0.25, -0.2) is 17.9 Å². The first-order valence-electron chi connectivity index (χ1n) is 7.30. The molecule has 2 heterocycles. The van der Waals surface area contributed by atoms with Gasteiger partial charge >= 0.3 is 0 Å². The highest BCUT2D eigenvalue weighted by Crippen LogP contribution is 2.43. The summed E-state index contributed by atoms with van der Waals surface area (Å²) in [4.78, 5) is 2.16. The van der Waals surface area contributed by atoms with Crippen molar-refractivity contribution in [3.63, 3.8) is 0 Å². The molecule has 1 aromatic heterocycles. The minimum Gasteiger partial charge on any atom is -0.308 e. The van der Waals surface area contributed by atoms with Crippen molar-refractivity contribution in [1.29, 1.82) is 0 Å². The lowest BCUT2D eigenvalue weighted by Crippen LogP contribution is -2.35. The number of rotatable bonds is 6. The van der Waals surface area contributed by atoms with Crippen LogP contribution in [0, 0.1) is 5.92 Å². The molecular weight excluding hydrogens is 326 g/mol. The van der Waals surface area contributed by atoms with Crippen LogP contribution in [0.4, 0.5) is 0 Å². The van der Waals surface area contributed by atoms with Gasteiger partial charge in [-0.2, -0.15) is 0 Å². The average molecular weight is 348 g/mol. The Bertz CT molecular complexity index is 610. The van der Waals surface area contributed by atoms with Crippen LogP contribution >= 0.6 is 23.3 Å². The van der Waals surface area contributed by atoms with Crippen LogP contribution in [0.25, 0.3) is 0 Å². The second kappa shape index (κ2) is 6.17. The summed E-state index contributed by atoms with van der Waals surface area (Å²) in [6.07, 6.45) is 3.71. The molecule has 2 aliphatic rings. The Labute approximate surface area is 134 Å². The van der Waals surface area contributed by atoms with Crippen molar-refractivity contribution in [2.75, 3.05) is 19.6 Å². The minimum atomic E-state index is -3.61. The number of fused-ring (bicyclic) bond motifs is 1. The molecule has 1 atom stereocenters. The van der Waals surface area contributed by atoms with E-state index in [1.54, 1.807) is 18.0 Å². The molecule has 0 bridgehead atoms. The Hall–Kier alpha value is -0.120. The number of nitrogens with one attached hydrogen (secondary N) is 1. The Morgan fingerprint density at radius 3 is 2.86 bits per heavy atom. The first kappa shape index (κ1) is 15.8.